The van der Waals surface area contributed by atoms with Gasteiger partial charge in [-0.3, -0.25) is 0 Å². The Balaban J connectivity index is 3.56. The fraction of sp³-hybridized carbons (Fsp3) is 0.167. The monoisotopic (exact) mass is 412 g/mol. The third-order valence-corrected chi connectivity index (χ3v) is 4.55. The van der Waals surface area contributed by atoms with Crippen LogP contribution >= 0.6 is 38.5 Å². The zero-order valence-electron chi connectivity index (χ0n) is 6.92. The molecule has 0 amide bonds. The SMILES string of the molecule is NS(=O)(=O)c1cc(Br)c(I)nc1C(F)F. The van der Waals surface area contributed by atoms with Crippen molar-refractivity contribution in [2.75, 3.05) is 0 Å². The maximum Gasteiger partial charge on any atom is 0.281 e. The van der Waals surface area contributed by atoms with Crippen LogP contribution in [0.2, 0.25) is 0 Å². The minimum absolute atomic E-state index is 0.246. The zero-order chi connectivity index (χ0) is 11.8. The molecule has 1 rings (SSSR count). The van der Waals surface area contributed by atoms with Gasteiger partial charge in [-0.25, -0.2) is 27.3 Å². The van der Waals surface area contributed by atoms with Crippen molar-refractivity contribution >= 4 is 48.5 Å². The molecular formula is C6H4BrF2IN2O2S. The van der Waals surface area contributed by atoms with Crippen molar-refractivity contribution < 1.29 is 17.2 Å². The smallest absolute Gasteiger partial charge is 0.238 e. The summed E-state index contributed by atoms with van der Waals surface area (Å²) >= 11 is 4.69. The number of hydrogen-bond donors (Lipinski definition) is 1. The minimum atomic E-state index is -4.19. The second kappa shape index (κ2) is 4.55. The molecule has 4 nitrogen and oxygen atoms in total. The number of aromatic nitrogens is 1. The first-order chi connectivity index (χ1) is 6.73. The summed E-state index contributed by atoms with van der Waals surface area (Å²) in [4.78, 5) is 2.81. The zero-order valence-corrected chi connectivity index (χ0v) is 11.5. The van der Waals surface area contributed by atoms with Crippen LogP contribution in [0.25, 0.3) is 0 Å². The molecule has 1 heterocycles. The summed E-state index contributed by atoms with van der Waals surface area (Å²) in [5.74, 6) is 0. The van der Waals surface area contributed by atoms with E-state index in [4.69, 9.17) is 5.14 Å². The maximum atomic E-state index is 12.5. The molecule has 0 aliphatic heterocycles. The maximum absolute atomic E-state index is 12.5. The molecule has 0 aliphatic carbocycles. The van der Waals surface area contributed by atoms with Crippen molar-refractivity contribution in [1.29, 1.82) is 0 Å². The van der Waals surface area contributed by atoms with E-state index in [0.717, 1.165) is 6.07 Å². The molecule has 0 bridgehead atoms. The van der Waals surface area contributed by atoms with Crippen LogP contribution in [0.3, 0.4) is 0 Å². The summed E-state index contributed by atoms with van der Waals surface area (Å²) in [6, 6.07) is 1.02. The quantitative estimate of drug-likeness (QED) is 0.596. The van der Waals surface area contributed by atoms with Gasteiger partial charge in [-0.2, -0.15) is 0 Å². The Morgan fingerprint density at radius 3 is 2.47 bits per heavy atom. The van der Waals surface area contributed by atoms with Gasteiger partial charge in [0.1, 0.15) is 14.3 Å². The molecule has 1 aromatic rings. The third kappa shape index (κ3) is 3.04. The van der Waals surface area contributed by atoms with Gasteiger partial charge in [0.15, 0.2) is 0 Å². The number of pyridine rings is 1. The highest BCUT2D eigenvalue weighted by atomic mass is 127. The second-order valence-electron chi connectivity index (χ2n) is 2.49. The van der Waals surface area contributed by atoms with E-state index in [1.807, 2.05) is 0 Å². The number of nitrogens with two attached hydrogens (primary N) is 1. The van der Waals surface area contributed by atoms with Crippen molar-refractivity contribution in [3.63, 3.8) is 0 Å². The van der Waals surface area contributed by atoms with Crippen LogP contribution in [-0.4, -0.2) is 13.4 Å². The van der Waals surface area contributed by atoms with Crippen molar-refractivity contribution in [1.82, 2.24) is 4.98 Å². The Kier molecular flexibility index (Phi) is 4.01. The van der Waals surface area contributed by atoms with E-state index in [0.29, 0.717) is 4.47 Å². The summed E-state index contributed by atoms with van der Waals surface area (Å²) in [5, 5.41) is 4.79. The largest absolute Gasteiger partial charge is 0.281 e. The number of alkyl halides is 2. The van der Waals surface area contributed by atoms with Crippen molar-refractivity contribution in [3.05, 3.63) is 19.9 Å². The van der Waals surface area contributed by atoms with Crippen LogP contribution in [0.1, 0.15) is 12.1 Å². The predicted molar refractivity (Wildman–Crippen MR) is 61.0 cm³/mol. The molecule has 0 fully saturated rings. The average Bonchev–Trinajstić information content (AvgIpc) is 2.06. The summed E-state index contributed by atoms with van der Waals surface area (Å²) in [6.07, 6.45) is -2.99. The van der Waals surface area contributed by atoms with Crippen molar-refractivity contribution in [3.8, 4) is 0 Å². The first-order valence-corrected chi connectivity index (χ1v) is 6.82. The molecule has 15 heavy (non-hydrogen) atoms. The number of primary sulfonamides is 1. The highest BCUT2D eigenvalue weighted by Gasteiger charge is 2.23. The van der Waals surface area contributed by atoms with Crippen molar-refractivity contribution in [2.24, 2.45) is 5.14 Å². The van der Waals surface area contributed by atoms with Gasteiger partial charge in [0.25, 0.3) is 6.43 Å². The van der Waals surface area contributed by atoms with Crippen LogP contribution in [-0.2, 0) is 10.0 Å². The fourth-order valence-electron chi connectivity index (χ4n) is 0.847. The summed E-state index contributed by atoms with van der Waals surface area (Å²) in [5.41, 5.74) is -0.829. The molecule has 0 radical (unpaired) electrons. The first kappa shape index (κ1) is 13.2. The Bertz CT molecular complexity index is 494. The molecule has 0 saturated heterocycles. The van der Waals surface area contributed by atoms with Gasteiger partial charge in [0, 0.05) is 0 Å². The molecule has 0 atom stereocenters. The Hall–Kier alpha value is 0.130. The lowest BCUT2D eigenvalue weighted by molar-refractivity contribution is 0.142. The van der Waals surface area contributed by atoms with Gasteiger partial charge in [0.05, 0.1) is 4.47 Å². The predicted octanol–water partition coefficient (Wildman–Crippen LogP) is 2.03. The van der Waals surface area contributed by atoms with E-state index in [1.54, 1.807) is 22.6 Å². The minimum Gasteiger partial charge on any atom is -0.238 e. The van der Waals surface area contributed by atoms with Crippen LogP contribution < -0.4 is 5.14 Å². The normalized spacial score (nSPS) is 12.1. The molecule has 0 aliphatic rings. The van der Waals surface area contributed by atoms with Gasteiger partial charge in [0.2, 0.25) is 10.0 Å². The summed E-state index contributed by atoms with van der Waals surface area (Å²) in [7, 11) is -4.19. The molecule has 0 spiro atoms. The molecule has 0 unspecified atom stereocenters. The molecule has 1 aromatic heterocycles. The summed E-state index contributed by atoms with van der Waals surface area (Å²) < 4.78 is 47.5. The van der Waals surface area contributed by atoms with Crippen LogP contribution in [0.15, 0.2) is 15.4 Å². The van der Waals surface area contributed by atoms with Gasteiger partial charge >= 0.3 is 0 Å². The molecule has 84 valence electrons. The number of nitrogens with zero attached hydrogens (tertiary/aromatic N) is 1. The van der Waals surface area contributed by atoms with Gasteiger partial charge < -0.3 is 0 Å². The first-order valence-electron chi connectivity index (χ1n) is 3.40. The number of halogens is 4. The lowest BCUT2D eigenvalue weighted by atomic mass is 10.4. The standard InChI is InChI=1S/C6H4BrF2IN2O2S/c7-2-1-3(15(11,13)14)4(5(8)9)12-6(2)10/h1,5H,(H2,11,13,14). The number of rotatable bonds is 2. The van der Waals surface area contributed by atoms with E-state index in [-0.39, 0.29) is 3.70 Å². The van der Waals surface area contributed by atoms with E-state index in [2.05, 4.69) is 20.9 Å². The van der Waals surface area contributed by atoms with E-state index in [9.17, 15) is 17.2 Å². The number of hydrogen-bond acceptors (Lipinski definition) is 3. The van der Waals surface area contributed by atoms with E-state index in [1.165, 1.54) is 0 Å². The third-order valence-electron chi connectivity index (χ3n) is 1.44. The number of sulfonamides is 1. The lowest BCUT2D eigenvalue weighted by Gasteiger charge is -2.07. The lowest BCUT2D eigenvalue weighted by Crippen LogP contribution is -2.16. The molecular weight excluding hydrogens is 409 g/mol. The summed E-state index contributed by atoms with van der Waals surface area (Å²) in [6.45, 7) is 0. The van der Waals surface area contributed by atoms with Gasteiger partial charge in [-0.15, -0.1) is 0 Å². The topological polar surface area (TPSA) is 73.1 Å². The highest BCUT2D eigenvalue weighted by molar-refractivity contribution is 14.1. The van der Waals surface area contributed by atoms with Gasteiger partial charge in [-0.1, -0.05) is 0 Å². The van der Waals surface area contributed by atoms with Crippen LogP contribution in [0, 0.1) is 3.70 Å². The second-order valence-corrected chi connectivity index (χ2v) is 5.90. The van der Waals surface area contributed by atoms with Crippen LogP contribution in [0.4, 0.5) is 8.78 Å². The molecule has 2 N–H and O–H groups in total. The Morgan fingerprint density at radius 2 is 2.07 bits per heavy atom. The molecule has 9 heteroatoms. The average molecular weight is 413 g/mol. The van der Waals surface area contributed by atoms with E-state index < -0.39 is 27.0 Å². The highest BCUT2D eigenvalue weighted by Crippen LogP contribution is 2.28. The Labute approximate surface area is 107 Å². The van der Waals surface area contributed by atoms with E-state index >= 15 is 0 Å². The fourth-order valence-corrected chi connectivity index (χ4v) is 2.44. The molecule has 0 aromatic carbocycles. The van der Waals surface area contributed by atoms with Crippen LogP contribution in [0.5, 0.6) is 0 Å². The van der Waals surface area contributed by atoms with Crippen molar-refractivity contribution in [2.45, 2.75) is 11.3 Å². The Morgan fingerprint density at radius 1 is 1.53 bits per heavy atom. The van der Waals surface area contributed by atoms with Gasteiger partial charge in [-0.05, 0) is 44.6 Å². The molecule has 0 saturated carbocycles.